The van der Waals surface area contributed by atoms with E-state index in [9.17, 15) is 12.8 Å². The Balaban J connectivity index is 1.89. The minimum Gasteiger partial charge on any atom is -0.298 e. The Morgan fingerprint density at radius 1 is 1.12 bits per heavy atom. The summed E-state index contributed by atoms with van der Waals surface area (Å²) in [5.41, 5.74) is 2.28. The van der Waals surface area contributed by atoms with Crippen LogP contribution in [0.1, 0.15) is 5.56 Å². The van der Waals surface area contributed by atoms with Gasteiger partial charge in [0.1, 0.15) is 11.8 Å². The van der Waals surface area contributed by atoms with Gasteiger partial charge in [-0.1, -0.05) is 23.7 Å². The van der Waals surface area contributed by atoms with E-state index in [1.165, 1.54) is 4.31 Å². The van der Waals surface area contributed by atoms with Crippen molar-refractivity contribution in [3.63, 3.8) is 0 Å². The Labute approximate surface area is 158 Å². The number of rotatable bonds is 5. The molecule has 0 radical (unpaired) electrons. The summed E-state index contributed by atoms with van der Waals surface area (Å²) in [6.45, 7) is 3.55. The summed E-state index contributed by atoms with van der Waals surface area (Å²) in [4.78, 5) is 6.19. The Morgan fingerprint density at radius 3 is 2.46 bits per heavy atom. The van der Waals surface area contributed by atoms with Gasteiger partial charge in [-0.05, 0) is 41.8 Å². The monoisotopic (exact) mass is 397 g/mol. The molecule has 0 unspecified atom stereocenters. The van der Waals surface area contributed by atoms with Crippen molar-refractivity contribution >= 4 is 21.6 Å². The van der Waals surface area contributed by atoms with Gasteiger partial charge in [-0.25, -0.2) is 17.8 Å². The number of hydrogen-bond donors (Lipinski definition) is 0. The van der Waals surface area contributed by atoms with E-state index in [-0.39, 0.29) is 0 Å². The van der Waals surface area contributed by atoms with Crippen molar-refractivity contribution in [1.82, 2.24) is 14.2 Å². The van der Waals surface area contributed by atoms with Crippen molar-refractivity contribution < 1.29 is 12.8 Å². The van der Waals surface area contributed by atoms with Crippen molar-refractivity contribution in [2.75, 3.05) is 39.4 Å². The Hall–Kier alpha value is -1.54. The van der Waals surface area contributed by atoms with Crippen LogP contribution in [0.5, 0.6) is 0 Å². The quantitative estimate of drug-likeness (QED) is 0.728. The van der Waals surface area contributed by atoms with Gasteiger partial charge in [0.25, 0.3) is 0 Å². The molecule has 1 saturated heterocycles. The van der Waals surface area contributed by atoms with Gasteiger partial charge in [-0.3, -0.25) is 4.90 Å². The van der Waals surface area contributed by atoms with Crippen LogP contribution in [-0.2, 0) is 10.0 Å². The van der Waals surface area contributed by atoms with Crippen LogP contribution in [0.15, 0.2) is 41.4 Å². The zero-order valence-electron chi connectivity index (χ0n) is 14.5. The zero-order valence-corrected chi connectivity index (χ0v) is 16.1. The molecule has 140 valence electrons. The number of nitrogens with zero attached hydrogens (tertiary/aromatic N) is 3. The van der Waals surface area contributed by atoms with E-state index < -0.39 is 16.7 Å². The normalized spacial score (nSPS) is 16.7. The average Bonchev–Trinajstić information content (AvgIpc) is 2.63. The first-order valence-electron chi connectivity index (χ1n) is 8.43. The van der Waals surface area contributed by atoms with E-state index in [2.05, 4.69) is 4.98 Å². The molecule has 3 rings (SSSR count). The van der Waals surface area contributed by atoms with E-state index >= 15 is 0 Å². The smallest absolute Gasteiger partial charge is 0.243 e. The largest absolute Gasteiger partial charge is 0.298 e. The standard InChI is InChI=1S/C18H21ClFN3O2S/c1-14-2-3-15(16-4-6-21-18(19)13-16)12-17(14)26(24,25)23-10-8-22(7-5-20)9-11-23/h2-4,6,12-13H,5,7-11H2,1H3. The molecule has 1 aliphatic rings. The first-order chi connectivity index (χ1) is 12.4. The van der Waals surface area contributed by atoms with Gasteiger partial charge in [-0.2, -0.15) is 4.31 Å². The second-order valence-corrected chi connectivity index (χ2v) is 8.58. The summed E-state index contributed by atoms with van der Waals surface area (Å²) in [7, 11) is -3.61. The zero-order chi connectivity index (χ0) is 18.7. The third kappa shape index (κ3) is 4.06. The van der Waals surface area contributed by atoms with Crippen LogP contribution >= 0.6 is 11.6 Å². The molecule has 0 spiro atoms. The number of alkyl halides is 1. The molecule has 5 nitrogen and oxygen atoms in total. The van der Waals surface area contributed by atoms with Gasteiger partial charge in [0.05, 0.1) is 4.90 Å². The van der Waals surface area contributed by atoms with Crippen LogP contribution in [0.2, 0.25) is 5.15 Å². The predicted octanol–water partition coefficient (Wildman–Crippen LogP) is 2.99. The van der Waals surface area contributed by atoms with Crippen molar-refractivity contribution in [2.24, 2.45) is 0 Å². The molecule has 0 bridgehead atoms. The molecule has 2 aromatic rings. The molecule has 1 aromatic heterocycles. The van der Waals surface area contributed by atoms with Crippen LogP contribution in [0.4, 0.5) is 4.39 Å². The SMILES string of the molecule is Cc1ccc(-c2ccnc(Cl)c2)cc1S(=O)(=O)N1CCN(CCF)CC1. The molecule has 0 N–H and O–H groups in total. The lowest BCUT2D eigenvalue weighted by Crippen LogP contribution is -2.49. The second-order valence-electron chi connectivity index (χ2n) is 6.28. The molecule has 2 heterocycles. The minimum absolute atomic E-state index is 0.293. The average molecular weight is 398 g/mol. The summed E-state index contributed by atoms with van der Waals surface area (Å²) >= 11 is 5.95. The van der Waals surface area contributed by atoms with Crippen molar-refractivity contribution in [3.8, 4) is 11.1 Å². The van der Waals surface area contributed by atoms with Crippen molar-refractivity contribution in [1.29, 1.82) is 0 Å². The number of benzene rings is 1. The number of sulfonamides is 1. The summed E-state index contributed by atoms with van der Waals surface area (Å²) in [5.74, 6) is 0. The summed E-state index contributed by atoms with van der Waals surface area (Å²) < 4.78 is 40.2. The second kappa shape index (κ2) is 8.00. The first-order valence-corrected chi connectivity index (χ1v) is 10.2. The number of piperazine rings is 1. The summed E-state index contributed by atoms with van der Waals surface area (Å²) in [6.07, 6.45) is 1.59. The predicted molar refractivity (Wildman–Crippen MR) is 101 cm³/mol. The maximum absolute atomic E-state index is 13.1. The first kappa shape index (κ1) is 19.2. The highest BCUT2D eigenvalue weighted by atomic mass is 35.5. The highest BCUT2D eigenvalue weighted by Gasteiger charge is 2.29. The van der Waals surface area contributed by atoms with Gasteiger partial charge in [0, 0.05) is 38.9 Å². The van der Waals surface area contributed by atoms with Crippen LogP contribution < -0.4 is 0 Å². The summed E-state index contributed by atoms with van der Waals surface area (Å²) in [5, 5.41) is 0.358. The van der Waals surface area contributed by atoms with Crippen molar-refractivity contribution in [3.05, 3.63) is 47.2 Å². The molecule has 1 aliphatic heterocycles. The van der Waals surface area contributed by atoms with Crippen LogP contribution in [0.3, 0.4) is 0 Å². The maximum atomic E-state index is 13.1. The lowest BCUT2D eigenvalue weighted by Gasteiger charge is -2.33. The molecule has 1 aromatic carbocycles. The highest BCUT2D eigenvalue weighted by molar-refractivity contribution is 7.89. The van der Waals surface area contributed by atoms with Gasteiger partial charge in [-0.15, -0.1) is 0 Å². The number of hydrogen-bond acceptors (Lipinski definition) is 4. The minimum atomic E-state index is -3.61. The van der Waals surface area contributed by atoms with E-state index in [0.717, 1.165) is 11.1 Å². The van der Waals surface area contributed by atoms with E-state index in [1.54, 1.807) is 37.4 Å². The van der Waals surface area contributed by atoms with Gasteiger partial charge < -0.3 is 0 Å². The van der Waals surface area contributed by atoms with E-state index in [4.69, 9.17) is 11.6 Å². The Bertz CT molecular complexity index is 884. The van der Waals surface area contributed by atoms with E-state index in [1.807, 2.05) is 11.0 Å². The van der Waals surface area contributed by atoms with Gasteiger partial charge in [0.15, 0.2) is 0 Å². The molecule has 0 amide bonds. The number of aryl methyl sites for hydroxylation is 1. The molecule has 26 heavy (non-hydrogen) atoms. The van der Waals surface area contributed by atoms with E-state index in [0.29, 0.717) is 48.3 Å². The number of halogens is 2. The summed E-state index contributed by atoms with van der Waals surface area (Å²) in [6, 6.07) is 8.86. The lowest BCUT2D eigenvalue weighted by atomic mass is 10.1. The van der Waals surface area contributed by atoms with Crippen LogP contribution in [0, 0.1) is 6.92 Å². The lowest BCUT2D eigenvalue weighted by molar-refractivity contribution is 0.177. The van der Waals surface area contributed by atoms with Crippen molar-refractivity contribution in [2.45, 2.75) is 11.8 Å². The fourth-order valence-corrected chi connectivity index (χ4v) is 4.94. The molecule has 1 fully saturated rings. The highest BCUT2D eigenvalue weighted by Crippen LogP contribution is 2.28. The molecule has 8 heteroatoms. The maximum Gasteiger partial charge on any atom is 0.243 e. The molecule has 0 aliphatic carbocycles. The Kier molecular flexibility index (Phi) is 5.92. The fourth-order valence-electron chi connectivity index (χ4n) is 3.09. The number of aromatic nitrogens is 1. The van der Waals surface area contributed by atoms with Crippen LogP contribution in [-0.4, -0.2) is 62.0 Å². The third-order valence-corrected chi connectivity index (χ3v) is 6.85. The Morgan fingerprint density at radius 2 is 1.81 bits per heavy atom. The van der Waals surface area contributed by atoms with Gasteiger partial charge >= 0.3 is 0 Å². The van der Waals surface area contributed by atoms with Crippen LogP contribution in [0.25, 0.3) is 11.1 Å². The van der Waals surface area contributed by atoms with Gasteiger partial charge in [0.2, 0.25) is 10.0 Å². The molecule has 0 atom stereocenters. The fraction of sp³-hybridized carbons (Fsp3) is 0.389. The molecular weight excluding hydrogens is 377 g/mol. The topological polar surface area (TPSA) is 53.5 Å². The number of pyridine rings is 1. The third-order valence-electron chi connectivity index (χ3n) is 4.60. The molecular formula is C18H21ClFN3O2S. The molecule has 0 saturated carbocycles.